The molecule has 2 rings (SSSR count). The lowest BCUT2D eigenvalue weighted by atomic mass is 10.4. The maximum atomic E-state index is 13.0. The highest BCUT2D eigenvalue weighted by Gasteiger charge is 2.21. The Labute approximate surface area is 112 Å². The Hall–Kier alpha value is -2.62. The van der Waals surface area contributed by atoms with E-state index in [4.69, 9.17) is 5.11 Å². The molecule has 8 nitrogen and oxygen atoms in total. The highest BCUT2D eigenvalue weighted by molar-refractivity contribution is 7.92. The average molecular weight is 298 g/mol. The van der Waals surface area contributed by atoms with E-state index in [0.717, 1.165) is 30.9 Å². The molecule has 104 valence electrons. The second-order valence-corrected chi connectivity index (χ2v) is 5.19. The first-order chi connectivity index (χ1) is 9.40. The van der Waals surface area contributed by atoms with Crippen molar-refractivity contribution in [1.82, 2.24) is 15.0 Å². The average Bonchev–Trinajstić information content (AvgIpc) is 2.38. The maximum absolute atomic E-state index is 13.0. The van der Waals surface area contributed by atoms with Crippen molar-refractivity contribution in [2.75, 3.05) is 4.72 Å². The van der Waals surface area contributed by atoms with Crippen LogP contribution in [0.1, 0.15) is 10.5 Å². The van der Waals surface area contributed by atoms with Crippen LogP contribution in [-0.4, -0.2) is 34.4 Å². The van der Waals surface area contributed by atoms with Gasteiger partial charge in [0.15, 0.2) is 11.5 Å². The minimum atomic E-state index is -4.21. The molecule has 2 heterocycles. The number of halogens is 1. The van der Waals surface area contributed by atoms with Crippen molar-refractivity contribution in [3.8, 4) is 0 Å². The molecular formula is C10H7FN4O4S. The topological polar surface area (TPSA) is 122 Å². The first kappa shape index (κ1) is 13.8. The molecule has 0 atom stereocenters. The van der Waals surface area contributed by atoms with Gasteiger partial charge in [0.2, 0.25) is 0 Å². The lowest BCUT2D eigenvalue weighted by molar-refractivity contribution is 0.0691. The molecule has 0 unspecified atom stereocenters. The fraction of sp³-hybridized carbons (Fsp3) is 0. The molecule has 0 spiro atoms. The van der Waals surface area contributed by atoms with Gasteiger partial charge in [-0.25, -0.2) is 27.6 Å². The van der Waals surface area contributed by atoms with Crippen molar-refractivity contribution in [2.45, 2.75) is 4.90 Å². The minimum Gasteiger partial charge on any atom is -0.476 e. The van der Waals surface area contributed by atoms with Gasteiger partial charge < -0.3 is 5.11 Å². The van der Waals surface area contributed by atoms with E-state index in [0.29, 0.717) is 0 Å². The number of hydrogen-bond acceptors (Lipinski definition) is 6. The number of nitrogens with zero attached hydrogens (tertiary/aromatic N) is 3. The normalized spacial score (nSPS) is 11.1. The number of rotatable bonds is 4. The summed E-state index contributed by atoms with van der Waals surface area (Å²) in [7, 11) is -4.21. The molecule has 0 aromatic carbocycles. The van der Waals surface area contributed by atoms with E-state index in [2.05, 4.69) is 15.0 Å². The number of aromatic carboxylic acids is 1. The van der Waals surface area contributed by atoms with E-state index >= 15 is 0 Å². The zero-order valence-corrected chi connectivity index (χ0v) is 10.5. The highest BCUT2D eigenvalue weighted by Crippen LogP contribution is 2.16. The van der Waals surface area contributed by atoms with Crippen molar-refractivity contribution in [2.24, 2.45) is 0 Å². The molecule has 0 bridgehead atoms. The molecule has 2 aromatic rings. The zero-order chi connectivity index (χ0) is 14.8. The number of sulfonamides is 1. The summed E-state index contributed by atoms with van der Waals surface area (Å²) in [5.74, 6) is -2.76. The second-order valence-electron chi connectivity index (χ2n) is 3.50. The van der Waals surface area contributed by atoms with Crippen LogP contribution in [-0.2, 0) is 10.0 Å². The molecule has 0 amide bonds. The fourth-order valence-electron chi connectivity index (χ4n) is 1.29. The van der Waals surface area contributed by atoms with Crippen molar-refractivity contribution in [3.05, 3.63) is 42.4 Å². The summed E-state index contributed by atoms with van der Waals surface area (Å²) in [6.45, 7) is 0. The standard InChI is InChI=1S/C10H7FN4O4S/c11-6-3-7(5-12-4-6)20(18,19)15-9-8(10(16)17)13-1-2-14-9/h1-5H,(H,14,15)(H,16,17). The summed E-state index contributed by atoms with van der Waals surface area (Å²) in [4.78, 5) is 20.9. The Morgan fingerprint density at radius 3 is 2.60 bits per heavy atom. The van der Waals surface area contributed by atoms with Crippen LogP contribution in [0, 0.1) is 5.82 Å². The molecule has 0 radical (unpaired) electrons. The molecule has 0 saturated carbocycles. The van der Waals surface area contributed by atoms with Gasteiger partial charge in [-0.05, 0) is 6.07 Å². The number of aromatic nitrogens is 3. The first-order valence-electron chi connectivity index (χ1n) is 5.08. The maximum Gasteiger partial charge on any atom is 0.358 e. The van der Waals surface area contributed by atoms with Gasteiger partial charge in [0.25, 0.3) is 10.0 Å². The predicted octanol–water partition coefficient (Wildman–Crippen LogP) is 0.510. The molecular weight excluding hydrogens is 291 g/mol. The quantitative estimate of drug-likeness (QED) is 0.843. The second kappa shape index (κ2) is 5.17. The fourth-order valence-corrected chi connectivity index (χ4v) is 2.28. The van der Waals surface area contributed by atoms with Crippen molar-refractivity contribution in [1.29, 1.82) is 0 Å². The summed E-state index contributed by atoms with van der Waals surface area (Å²) in [6, 6.07) is 0.742. The van der Waals surface area contributed by atoms with Crippen LogP contribution in [0.2, 0.25) is 0 Å². The lowest BCUT2D eigenvalue weighted by Gasteiger charge is -2.08. The van der Waals surface area contributed by atoms with Gasteiger partial charge in [0, 0.05) is 18.6 Å². The molecule has 0 saturated heterocycles. The van der Waals surface area contributed by atoms with Gasteiger partial charge >= 0.3 is 5.97 Å². The lowest BCUT2D eigenvalue weighted by Crippen LogP contribution is -2.18. The molecule has 0 aliphatic heterocycles. The Morgan fingerprint density at radius 2 is 1.95 bits per heavy atom. The van der Waals surface area contributed by atoms with Crippen LogP contribution >= 0.6 is 0 Å². The molecule has 10 heteroatoms. The van der Waals surface area contributed by atoms with Crippen molar-refractivity contribution >= 4 is 21.8 Å². The van der Waals surface area contributed by atoms with Crippen molar-refractivity contribution < 1.29 is 22.7 Å². The van der Waals surface area contributed by atoms with Crippen molar-refractivity contribution in [3.63, 3.8) is 0 Å². The van der Waals surface area contributed by atoms with Gasteiger partial charge in [-0.15, -0.1) is 0 Å². The number of nitrogens with one attached hydrogen (secondary N) is 1. The van der Waals surface area contributed by atoms with E-state index in [9.17, 15) is 17.6 Å². The molecule has 20 heavy (non-hydrogen) atoms. The van der Waals surface area contributed by atoms with Crippen LogP contribution in [0.3, 0.4) is 0 Å². The summed E-state index contributed by atoms with van der Waals surface area (Å²) >= 11 is 0. The predicted molar refractivity (Wildman–Crippen MR) is 64.0 cm³/mol. The Morgan fingerprint density at radius 1 is 1.25 bits per heavy atom. The largest absolute Gasteiger partial charge is 0.476 e. The van der Waals surface area contributed by atoms with E-state index in [1.165, 1.54) is 0 Å². The highest BCUT2D eigenvalue weighted by atomic mass is 32.2. The summed E-state index contributed by atoms with van der Waals surface area (Å²) < 4.78 is 38.8. The van der Waals surface area contributed by atoms with Gasteiger partial charge in [-0.2, -0.15) is 0 Å². The van der Waals surface area contributed by atoms with Gasteiger partial charge in [0.05, 0.1) is 6.20 Å². The molecule has 0 fully saturated rings. The third kappa shape index (κ3) is 2.85. The van der Waals surface area contributed by atoms with Crippen LogP contribution in [0.4, 0.5) is 10.2 Å². The smallest absolute Gasteiger partial charge is 0.358 e. The summed E-state index contributed by atoms with van der Waals surface area (Å²) in [6.07, 6.45) is 3.98. The van der Waals surface area contributed by atoms with E-state index < -0.39 is 38.2 Å². The summed E-state index contributed by atoms with van der Waals surface area (Å²) in [5.41, 5.74) is -0.569. The first-order valence-corrected chi connectivity index (χ1v) is 6.56. The monoisotopic (exact) mass is 298 g/mol. The SMILES string of the molecule is O=C(O)c1nccnc1NS(=O)(=O)c1cncc(F)c1. The number of carboxylic acids is 1. The number of anilines is 1. The number of carbonyl (C=O) groups is 1. The van der Waals surface area contributed by atoms with Gasteiger partial charge in [-0.1, -0.05) is 0 Å². The number of hydrogen-bond donors (Lipinski definition) is 2. The van der Waals surface area contributed by atoms with E-state index in [1.807, 2.05) is 4.72 Å². The number of pyridine rings is 1. The molecule has 0 aliphatic rings. The van der Waals surface area contributed by atoms with E-state index in [-0.39, 0.29) is 0 Å². The van der Waals surface area contributed by atoms with Crippen LogP contribution in [0.15, 0.2) is 35.7 Å². The van der Waals surface area contributed by atoms with Gasteiger partial charge in [0.1, 0.15) is 10.7 Å². The summed E-state index contributed by atoms with van der Waals surface area (Å²) in [5, 5.41) is 8.87. The Balaban J connectivity index is 2.41. The third-order valence-corrected chi connectivity index (χ3v) is 3.43. The third-order valence-electron chi connectivity index (χ3n) is 2.12. The van der Waals surface area contributed by atoms with E-state index in [1.54, 1.807) is 0 Å². The molecule has 2 aromatic heterocycles. The van der Waals surface area contributed by atoms with Gasteiger partial charge in [-0.3, -0.25) is 9.71 Å². The number of carboxylic acid groups (broad SMARTS) is 1. The zero-order valence-electron chi connectivity index (χ0n) is 9.69. The molecule has 0 aliphatic carbocycles. The molecule has 2 N–H and O–H groups in total. The minimum absolute atomic E-state index is 0.459. The Kier molecular flexibility index (Phi) is 3.57. The van der Waals surface area contributed by atoms with Crippen LogP contribution in [0.25, 0.3) is 0 Å². The van der Waals surface area contributed by atoms with Crippen LogP contribution in [0.5, 0.6) is 0 Å². The Bertz CT molecular complexity index is 765. The van der Waals surface area contributed by atoms with Crippen LogP contribution < -0.4 is 4.72 Å².